The van der Waals surface area contributed by atoms with Crippen LogP contribution in [0.4, 0.5) is 0 Å². The van der Waals surface area contributed by atoms with Gasteiger partial charge >= 0.3 is 0 Å². The minimum absolute atomic E-state index is 0.438. The lowest BCUT2D eigenvalue weighted by Crippen LogP contribution is -1.91. The van der Waals surface area contributed by atoms with E-state index in [-0.39, 0.29) is 0 Å². The number of nitrogens with zero attached hydrogens (tertiary/aromatic N) is 2. The number of hydrogen-bond donors (Lipinski definition) is 0. The SMILES string of the molecule is Clc1nc(-c2ccccc2)ncc1-c1c[c][c]cc1. The quantitative estimate of drug-likeness (QED) is 0.652. The molecule has 1 heterocycles. The number of hydrogen-bond acceptors (Lipinski definition) is 2. The van der Waals surface area contributed by atoms with Gasteiger partial charge in [-0.1, -0.05) is 54.1 Å². The highest BCUT2D eigenvalue weighted by atomic mass is 35.5. The van der Waals surface area contributed by atoms with Gasteiger partial charge in [0.05, 0.1) is 0 Å². The zero-order chi connectivity index (χ0) is 13.1. The van der Waals surface area contributed by atoms with Crippen molar-refractivity contribution in [2.45, 2.75) is 0 Å². The van der Waals surface area contributed by atoms with Crippen LogP contribution in [0.3, 0.4) is 0 Å². The molecule has 0 N–H and O–H groups in total. The Morgan fingerprint density at radius 3 is 2.47 bits per heavy atom. The maximum absolute atomic E-state index is 6.24. The van der Waals surface area contributed by atoms with Crippen LogP contribution in [0, 0.1) is 12.1 Å². The van der Waals surface area contributed by atoms with Gasteiger partial charge in [-0.15, -0.1) is 0 Å². The Balaban J connectivity index is 2.04. The molecule has 0 amide bonds. The van der Waals surface area contributed by atoms with Crippen LogP contribution in [0.15, 0.2) is 54.7 Å². The molecule has 3 heteroatoms. The van der Waals surface area contributed by atoms with Gasteiger partial charge in [0.15, 0.2) is 5.82 Å². The highest BCUT2D eigenvalue weighted by molar-refractivity contribution is 6.32. The van der Waals surface area contributed by atoms with Crippen molar-refractivity contribution in [2.24, 2.45) is 0 Å². The van der Waals surface area contributed by atoms with Crippen LogP contribution < -0.4 is 0 Å². The van der Waals surface area contributed by atoms with Crippen molar-refractivity contribution in [1.82, 2.24) is 9.97 Å². The van der Waals surface area contributed by atoms with Gasteiger partial charge in [0.1, 0.15) is 5.15 Å². The molecule has 3 rings (SSSR count). The highest BCUT2D eigenvalue weighted by Crippen LogP contribution is 2.27. The van der Waals surface area contributed by atoms with E-state index in [9.17, 15) is 0 Å². The molecule has 0 aliphatic carbocycles. The zero-order valence-corrected chi connectivity index (χ0v) is 10.7. The average Bonchev–Trinajstić information content (AvgIpc) is 2.49. The van der Waals surface area contributed by atoms with Gasteiger partial charge in [-0.3, -0.25) is 0 Å². The van der Waals surface area contributed by atoms with Crippen LogP contribution in [0.1, 0.15) is 0 Å². The van der Waals surface area contributed by atoms with Gasteiger partial charge in [-0.2, -0.15) is 0 Å². The Hall–Kier alpha value is -2.19. The Morgan fingerprint density at radius 2 is 1.79 bits per heavy atom. The molecule has 2 aromatic carbocycles. The van der Waals surface area contributed by atoms with E-state index in [1.165, 1.54) is 0 Å². The van der Waals surface area contributed by atoms with E-state index in [0.717, 1.165) is 16.7 Å². The monoisotopic (exact) mass is 264 g/mol. The van der Waals surface area contributed by atoms with Crippen molar-refractivity contribution in [1.29, 1.82) is 0 Å². The fourth-order valence-electron chi connectivity index (χ4n) is 1.80. The molecule has 2 nitrogen and oxygen atoms in total. The number of benzene rings is 2. The molecule has 90 valence electrons. The van der Waals surface area contributed by atoms with Gasteiger partial charge in [0, 0.05) is 17.3 Å². The third-order valence-corrected chi connectivity index (χ3v) is 3.03. The zero-order valence-electron chi connectivity index (χ0n) is 9.97. The van der Waals surface area contributed by atoms with E-state index in [1.807, 2.05) is 42.5 Å². The molecule has 0 aliphatic heterocycles. The van der Waals surface area contributed by atoms with Gasteiger partial charge in [-0.05, 0) is 23.8 Å². The molecule has 0 unspecified atom stereocenters. The van der Waals surface area contributed by atoms with Crippen molar-refractivity contribution in [3.05, 3.63) is 72.0 Å². The van der Waals surface area contributed by atoms with E-state index in [4.69, 9.17) is 11.6 Å². The summed E-state index contributed by atoms with van der Waals surface area (Å²) < 4.78 is 0. The molecule has 0 saturated heterocycles. The molecule has 0 fully saturated rings. The second-order valence-corrected chi connectivity index (χ2v) is 4.34. The van der Waals surface area contributed by atoms with E-state index >= 15 is 0 Å². The summed E-state index contributed by atoms with van der Waals surface area (Å²) >= 11 is 6.24. The van der Waals surface area contributed by atoms with Gasteiger partial charge in [0.25, 0.3) is 0 Å². The van der Waals surface area contributed by atoms with Crippen LogP contribution in [-0.4, -0.2) is 9.97 Å². The van der Waals surface area contributed by atoms with Crippen molar-refractivity contribution in [2.75, 3.05) is 0 Å². The normalized spacial score (nSPS) is 10.4. The van der Waals surface area contributed by atoms with Crippen LogP contribution in [0.2, 0.25) is 5.15 Å². The summed E-state index contributed by atoms with van der Waals surface area (Å²) in [6.45, 7) is 0. The van der Waals surface area contributed by atoms with Gasteiger partial charge in [-0.25, -0.2) is 9.97 Å². The molecular formula is C16H9ClN2. The topological polar surface area (TPSA) is 25.8 Å². The van der Waals surface area contributed by atoms with Crippen LogP contribution >= 0.6 is 11.6 Å². The second-order valence-electron chi connectivity index (χ2n) is 3.99. The minimum Gasteiger partial charge on any atom is -0.236 e. The summed E-state index contributed by atoms with van der Waals surface area (Å²) in [6.07, 6.45) is 1.74. The van der Waals surface area contributed by atoms with Crippen molar-refractivity contribution in [3.63, 3.8) is 0 Å². The Bertz CT molecular complexity index is 682. The maximum atomic E-state index is 6.24. The first kappa shape index (κ1) is 11.9. The standard InChI is InChI=1S/C16H9ClN2/c17-15-14(12-7-3-1-4-8-12)11-18-16(19-15)13-9-5-2-6-10-13/h2-3,5-11H. The molecule has 0 aliphatic rings. The lowest BCUT2D eigenvalue weighted by atomic mass is 10.1. The van der Waals surface area contributed by atoms with Gasteiger partial charge < -0.3 is 0 Å². The lowest BCUT2D eigenvalue weighted by Gasteiger charge is -2.05. The molecule has 0 atom stereocenters. The van der Waals surface area contributed by atoms with Crippen LogP contribution in [0.25, 0.3) is 22.5 Å². The number of halogens is 1. The molecule has 0 saturated carbocycles. The first-order valence-corrected chi connectivity index (χ1v) is 6.18. The maximum Gasteiger partial charge on any atom is 0.160 e. The second kappa shape index (κ2) is 5.21. The molecule has 0 spiro atoms. The smallest absolute Gasteiger partial charge is 0.160 e. The fourth-order valence-corrected chi connectivity index (χ4v) is 2.03. The lowest BCUT2D eigenvalue weighted by molar-refractivity contribution is 1.18. The largest absolute Gasteiger partial charge is 0.236 e. The Kier molecular flexibility index (Phi) is 3.25. The van der Waals surface area contributed by atoms with Crippen LogP contribution in [0.5, 0.6) is 0 Å². The first-order chi connectivity index (χ1) is 9.34. The van der Waals surface area contributed by atoms with E-state index in [2.05, 4.69) is 22.1 Å². The summed E-state index contributed by atoms with van der Waals surface area (Å²) in [5.74, 6) is 0.626. The third-order valence-electron chi connectivity index (χ3n) is 2.74. The molecule has 2 radical (unpaired) electrons. The Labute approximate surface area is 116 Å². The fraction of sp³-hybridized carbons (Fsp3) is 0. The summed E-state index contributed by atoms with van der Waals surface area (Å²) in [7, 11) is 0. The summed E-state index contributed by atoms with van der Waals surface area (Å²) in [6, 6.07) is 21.0. The summed E-state index contributed by atoms with van der Waals surface area (Å²) in [5.41, 5.74) is 2.68. The summed E-state index contributed by atoms with van der Waals surface area (Å²) in [4.78, 5) is 8.72. The predicted molar refractivity (Wildman–Crippen MR) is 75.6 cm³/mol. The molecule has 19 heavy (non-hydrogen) atoms. The number of rotatable bonds is 2. The highest BCUT2D eigenvalue weighted by Gasteiger charge is 2.08. The van der Waals surface area contributed by atoms with Crippen molar-refractivity contribution < 1.29 is 0 Å². The molecule has 0 bridgehead atoms. The van der Waals surface area contributed by atoms with Gasteiger partial charge in [0.2, 0.25) is 0 Å². The number of aromatic nitrogens is 2. The van der Waals surface area contributed by atoms with Crippen LogP contribution in [-0.2, 0) is 0 Å². The molecule has 3 aromatic rings. The molecule has 1 aromatic heterocycles. The molecular weight excluding hydrogens is 256 g/mol. The van der Waals surface area contributed by atoms with E-state index in [0.29, 0.717) is 11.0 Å². The average molecular weight is 265 g/mol. The minimum atomic E-state index is 0.438. The van der Waals surface area contributed by atoms with E-state index < -0.39 is 0 Å². The summed E-state index contributed by atoms with van der Waals surface area (Å²) in [5, 5.41) is 0.438. The Morgan fingerprint density at radius 1 is 0.947 bits per heavy atom. The van der Waals surface area contributed by atoms with E-state index in [1.54, 1.807) is 12.3 Å². The first-order valence-electron chi connectivity index (χ1n) is 5.81. The van der Waals surface area contributed by atoms with Crippen molar-refractivity contribution in [3.8, 4) is 22.5 Å². The predicted octanol–water partition coefficient (Wildman–Crippen LogP) is 4.06. The third kappa shape index (κ3) is 2.49. The van der Waals surface area contributed by atoms with Crippen molar-refractivity contribution >= 4 is 11.6 Å².